The van der Waals surface area contributed by atoms with Crippen molar-refractivity contribution in [3.63, 3.8) is 0 Å². The number of nitrogens with zero attached hydrogens (tertiary/aromatic N) is 1. The van der Waals surface area contributed by atoms with Gasteiger partial charge < -0.3 is 10.6 Å². The lowest BCUT2D eigenvalue weighted by Gasteiger charge is -2.22. The van der Waals surface area contributed by atoms with Gasteiger partial charge in [0.2, 0.25) is 0 Å². The van der Waals surface area contributed by atoms with Gasteiger partial charge in [0.15, 0.2) is 0 Å². The second-order valence-corrected chi connectivity index (χ2v) is 6.91. The topological polar surface area (TPSA) is 54.0 Å². The van der Waals surface area contributed by atoms with Crippen molar-refractivity contribution in [1.82, 2.24) is 10.3 Å². The number of anilines is 1. The molecule has 23 heavy (non-hydrogen) atoms. The van der Waals surface area contributed by atoms with Crippen LogP contribution in [-0.2, 0) is 6.42 Å². The molecule has 0 spiro atoms. The molecule has 2 aromatic rings. The minimum atomic E-state index is -0.121. The molecular formula is C18H22ClN3O. The highest BCUT2D eigenvalue weighted by molar-refractivity contribution is 6.30. The van der Waals surface area contributed by atoms with E-state index in [4.69, 9.17) is 11.6 Å². The van der Waals surface area contributed by atoms with Crippen LogP contribution in [-0.4, -0.2) is 23.0 Å². The molecule has 5 heteroatoms. The van der Waals surface area contributed by atoms with Crippen LogP contribution in [0, 0.1) is 0 Å². The van der Waals surface area contributed by atoms with E-state index in [0.29, 0.717) is 17.1 Å². The third-order valence-corrected chi connectivity index (χ3v) is 3.38. The average Bonchev–Trinajstić information content (AvgIpc) is 2.48. The maximum Gasteiger partial charge on any atom is 0.252 e. The fourth-order valence-electron chi connectivity index (χ4n) is 2.14. The fraction of sp³-hybridized carbons (Fsp3) is 0.333. The second kappa shape index (κ2) is 7.47. The molecule has 1 aromatic heterocycles. The number of carbonyl (C=O) groups excluding carboxylic acids is 1. The van der Waals surface area contributed by atoms with Gasteiger partial charge in [0.05, 0.1) is 11.3 Å². The first kappa shape index (κ1) is 17.3. The van der Waals surface area contributed by atoms with Gasteiger partial charge in [0.25, 0.3) is 5.91 Å². The molecule has 1 aromatic carbocycles. The normalized spacial score (nSPS) is 11.1. The maximum atomic E-state index is 12.2. The van der Waals surface area contributed by atoms with Gasteiger partial charge in [0.1, 0.15) is 0 Å². The molecule has 4 nitrogen and oxygen atoms in total. The van der Waals surface area contributed by atoms with Crippen molar-refractivity contribution in [2.75, 3.05) is 11.9 Å². The molecule has 0 fully saturated rings. The summed E-state index contributed by atoms with van der Waals surface area (Å²) in [6, 6.07) is 9.44. The lowest BCUT2D eigenvalue weighted by molar-refractivity contribution is 0.0954. The molecule has 0 atom stereocenters. The summed E-state index contributed by atoms with van der Waals surface area (Å²) in [5.41, 5.74) is 2.44. The molecule has 1 amide bonds. The Labute approximate surface area is 142 Å². The Balaban J connectivity index is 1.90. The molecule has 122 valence electrons. The van der Waals surface area contributed by atoms with E-state index in [0.717, 1.165) is 17.7 Å². The summed E-state index contributed by atoms with van der Waals surface area (Å²) in [4.78, 5) is 16.3. The van der Waals surface area contributed by atoms with E-state index in [1.807, 2.05) is 30.3 Å². The number of amides is 1. The summed E-state index contributed by atoms with van der Waals surface area (Å²) < 4.78 is 0. The van der Waals surface area contributed by atoms with E-state index in [-0.39, 0.29) is 11.4 Å². The number of hydrogen-bond donors (Lipinski definition) is 2. The SMILES string of the molecule is CC(C)(C)Nc1cncc(C(=O)NCCc2ccc(Cl)cc2)c1. The highest BCUT2D eigenvalue weighted by Crippen LogP contribution is 2.15. The van der Waals surface area contributed by atoms with Crippen LogP contribution in [0.4, 0.5) is 5.69 Å². The van der Waals surface area contributed by atoms with Crippen LogP contribution in [0.1, 0.15) is 36.7 Å². The van der Waals surface area contributed by atoms with Gasteiger partial charge in [-0.2, -0.15) is 0 Å². The molecule has 0 aliphatic carbocycles. The highest BCUT2D eigenvalue weighted by atomic mass is 35.5. The molecule has 0 unspecified atom stereocenters. The number of hydrogen-bond acceptors (Lipinski definition) is 3. The molecule has 2 rings (SSSR count). The Morgan fingerprint density at radius 1 is 1.17 bits per heavy atom. The van der Waals surface area contributed by atoms with Crippen LogP contribution in [0.2, 0.25) is 5.02 Å². The molecule has 0 saturated carbocycles. The van der Waals surface area contributed by atoms with E-state index in [2.05, 4.69) is 36.4 Å². The van der Waals surface area contributed by atoms with Gasteiger partial charge in [-0.1, -0.05) is 23.7 Å². The van der Waals surface area contributed by atoms with E-state index >= 15 is 0 Å². The van der Waals surface area contributed by atoms with Gasteiger partial charge in [-0.15, -0.1) is 0 Å². The smallest absolute Gasteiger partial charge is 0.252 e. The molecule has 0 bridgehead atoms. The Hall–Kier alpha value is -2.07. The maximum absolute atomic E-state index is 12.2. The van der Waals surface area contributed by atoms with Crippen LogP contribution >= 0.6 is 11.6 Å². The van der Waals surface area contributed by atoms with Gasteiger partial charge >= 0.3 is 0 Å². The largest absolute Gasteiger partial charge is 0.379 e. The van der Waals surface area contributed by atoms with Crippen molar-refractivity contribution < 1.29 is 4.79 Å². The third-order valence-electron chi connectivity index (χ3n) is 3.13. The first-order chi connectivity index (χ1) is 10.8. The third kappa shape index (κ3) is 5.91. The van der Waals surface area contributed by atoms with Crippen molar-refractivity contribution in [3.8, 4) is 0 Å². The fourth-order valence-corrected chi connectivity index (χ4v) is 2.26. The number of aromatic nitrogens is 1. The van der Waals surface area contributed by atoms with E-state index in [1.54, 1.807) is 12.4 Å². The predicted molar refractivity (Wildman–Crippen MR) is 95.1 cm³/mol. The standard InChI is InChI=1S/C18H22ClN3O/c1-18(2,3)22-16-10-14(11-20-12-16)17(23)21-9-8-13-4-6-15(19)7-5-13/h4-7,10-12,22H,8-9H2,1-3H3,(H,21,23). The molecule has 1 heterocycles. The monoisotopic (exact) mass is 331 g/mol. The van der Waals surface area contributed by atoms with Gasteiger partial charge in [-0.25, -0.2) is 0 Å². The zero-order valence-electron chi connectivity index (χ0n) is 13.7. The van der Waals surface area contributed by atoms with E-state index in [1.165, 1.54) is 0 Å². The van der Waals surface area contributed by atoms with E-state index < -0.39 is 0 Å². The second-order valence-electron chi connectivity index (χ2n) is 6.47. The average molecular weight is 332 g/mol. The summed E-state index contributed by atoms with van der Waals surface area (Å²) in [5, 5.41) is 6.94. The summed E-state index contributed by atoms with van der Waals surface area (Å²) in [6.45, 7) is 6.75. The van der Waals surface area contributed by atoms with E-state index in [9.17, 15) is 4.79 Å². The number of benzene rings is 1. The van der Waals surface area contributed by atoms with Crippen molar-refractivity contribution in [2.45, 2.75) is 32.7 Å². The molecule has 0 radical (unpaired) electrons. The Bertz CT molecular complexity index is 663. The number of carbonyl (C=O) groups is 1. The Kier molecular flexibility index (Phi) is 5.61. The summed E-state index contributed by atoms with van der Waals surface area (Å²) in [6.07, 6.45) is 4.05. The summed E-state index contributed by atoms with van der Waals surface area (Å²) >= 11 is 5.85. The zero-order chi connectivity index (χ0) is 16.9. The zero-order valence-corrected chi connectivity index (χ0v) is 14.4. The number of nitrogens with one attached hydrogen (secondary N) is 2. The number of pyridine rings is 1. The van der Waals surface area contributed by atoms with Crippen LogP contribution in [0.3, 0.4) is 0 Å². The van der Waals surface area contributed by atoms with Crippen molar-refractivity contribution in [1.29, 1.82) is 0 Å². The van der Waals surface area contributed by atoms with Crippen LogP contribution in [0.5, 0.6) is 0 Å². The lowest BCUT2D eigenvalue weighted by Crippen LogP contribution is -2.28. The van der Waals surface area contributed by atoms with Crippen LogP contribution in [0.25, 0.3) is 0 Å². The Morgan fingerprint density at radius 2 is 1.87 bits per heavy atom. The molecule has 0 saturated heterocycles. The highest BCUT2D eigenvalue weighted by Gasteiger charge is 2.11. The molecule has 0 aliphatic rings. The minimum Gasteiger partial charge on any atom is -0.379 e. The van der Waals surface area contributed by atoms with Crippen LogP contribution < -0.4 is 10.6 Å². The first-order valence-corrected chi connectivity index (χ1v) is 7.97. The molecule has 2 N–H and O–H groups in total. The van der Waals surface area contributed by atoms with Crippen molar-refractivity contribution >= 4 is 23.2 Å². The minimum absolute atomic E-state index is 0.0780. The van der Waals surface area contributed by atoms with Crippen molar-refractivity contribution in [3.05, 3.63) is 58.9 Å². The molecular weight excluding hydrogens is 310 g/mol. The molecule has 0 aliphatic heterocycles. The van der Waals surface area contributed by atoms with Gasteiger partial charge in [-0.3, -0.25) is 9.78 Å². The summed E-state index contributed by atoms with van der Waals surface area (Å²) in [5.74, 6) is -0.121. The lowest BCUT2D eigenvalue weighted by atomic mass is 10.1. The van der Waals surface area contributed by atoms with Crippen LogP contribution in [0.15, 0.2) is 42.7 Å². The predicted octanol–water partition coefficient (Wildman–Crippen LogP) is 3.92. The van der Waals surface area contributed by atoms with Gasteiger partial charge in [0, 0.05) is 29.5 Å². The van der Waals surface area contributed by atoms with Crippen molar-refractivity contribution in [2.24, 2.45) is 0 Å². The Morgan fingerprint density at radius 3 is 2.52 bits per heavy atom. The number of halogens is 1. The quantitative estimate of drug-likeness (QED) is 0.873. The van der Waals surface area contributed by atoms with Gasteiger partial charge in [-0.05, 0) is 51.0 Å². The number of rotatable bonds is 5. The summed E-state index contributed by atoms with van der Waals surface area (Å²) in [7, 11) is 0. The first-order valence-electron chi connectivity index (χ1n) is 7.59.